The van der Waals surface area contributed by atoms with Gasteiger partial charge in [0.2, 0.25) is 0 Å². The number of halogens is 3. The maximum atomic E-state index is 14.8. The molecule has 2 aromatic rings. The summed E-state index contributed by atoms with van der Waals surface area (Å²) < 4.78 is 43.7. The lowest BCUT2D eigenvalue weighted by atomic mass is 9.93. The third kappa shape index (κ3) is 3.25. The van der Waals surface area contributed by atoms with Gasteiger partial charge in [0.1, 0.15) is 59.2 Å². The molecule has 0 spiro atoms. The molecule has 0 saturated heterocycles. The molecule has 2 rings (SSSR count). The number of benzene rings is 2. The summed E-state index contributed by atoms with van der Waals surface area (Å²) in [6.45, 7) is 0. The first-order chi connectivity index (χ1) is 14.9. The highest BCUT2D eigenvalue weighted by Gasteiger charge is 2.28. The molecular formula is C21H2F3N7. The summed E-state index contributed by atoms with van der Waals surface area (Å²) in [6.07, 6.45) is 0. The molecule has 0 atom stereocenters. The van der Waals surface area contributed by atoms with E-state index in [1.54, 1.807) is 12.1 Å². The van der Waals surface area contributed by atoms with Crippen LogP contribution in [0.15, 0.2) is 12.1 Å². The van der Waals surface area contributed by atoms with E-state index in [1.165, 1.54) is 24.3 Å². The van der Waals surface area contributed by atoms with Crippen LogP contribution in [0.4, 0.5) is 13.2 Å². The minimum atomic E-state index is -1.95. The van der Waals surface area contributed by atoms with Gasteiger partial charge in [-0.1, -0.05) is 12.1 Å². The van der Waals surface area contributed by atoms with Crippen molar-refractivity contribution in [2.24, 2.45) is 0 Å². The zero-order chi connectivity index (χ0) is 23.3. The van der Waals surface area contributed by atoms with Crippen LogP contribution in [0.5, 0.6) is 0 Å². The SMILES string of the molecule is N#CC(C#N)=c1cc/c(=C(/C#N)c2c(F)c(F)c(C#N)c(C#N)c2F)c(C#N)c1C#N. The minimum Gasteiger partial charge on any atom is -0.205 e. The predicted octanol–water partition coefficient (Wildman–Crippen LogP) is 1.51. The van der Waals surface area contributed by atoms with E-state index in [2.05, 4.69) is 0 Å². The molecule has 142 valence electrons. The normalized spacial score (nSPS) is 10.1. The monoisotopic (exact) mass is 409 g/mol. The summed E-state index contributed by atoms with van der Waals surface area (Å²) in [6, 6.07) is 12.0. The van der Waals surface area contributed by atoms with Crippen LogP contribution in [0.2, 0.25) is 0 Å². The van der Waals surface area contributed by atoms with E-state index in [0.29, 0.717) is 0 Å². The first-order valence-corrected chi connectivity index (χ1v) is 7.79. The molecule has 10 heteroatoms. The molecule has 0 radical (unpaired) electrons. The highest BCUT2D eigenvalue weighted by molar-refractivity contribution is 5.81. The molecule has 0 saturated carbocycles. The van der Waals surface area contributed by atoms with Crippen molar-refractivity contribution in [2.75, 3.05) is 0 Å². The molecule has 0 aliphatic heterocycles. The third-order valence-electron chi connectivity index (χ3n) is 4.10. The summed E-state index contributed by atoms with van der Waals surface area (Å²) >= 11 is 0. The van der Waals surface area contributed by atoms with Crippen LogP contribution in [0.3, 0.4) is 0 Å². The van der Waals surface area contributed by atoms with Gasteiger partial charge < -0.3 is 0 Å². The minimum absolute atomic E-state index is 0.255. The Morgan fingerprint density at radius 1 is 0.548 bits per heavy atom. The second-order valence-corrected chi connectivity index (χ2v) is 5.51. The van der Waals surface area contributed by atoms with Crippen molar-refractivity contribution in [1.82, 2.24) is 0 Å². The maximum Gasteiger partial charge on any atom is 0.178 e. The summed E-state index contributed by atoms with van der Waals surface area (Å²) in [5.74, 6) is -5.52. The lowest BCUT2D eigenvalue weighted by Crippen LogP contribution is -2.23. The topological polar surface area (TPSA) is 167 Å². The van der Waals surface area contributed by atoms with Crippen molar-refractivity contribution in [3.63, 3.8) is 0 Å². The van der Waals surface area contributed by atoms with Crippen LogP contribution >= 0.6 is 0 Å². The highest BCUT2D eigenvalue weighted by atomic mass is 19.2. The predicted molar refractivity (Wildman–Crippen MR) is 93.6 cm³/mol. The molecule has 0 N–H and O–H groups in total. The Balaban J connectivity index is 3.30. The fraction of sp³-hybridized carbons (Fsp3) is 0. The van der Waals surface area contributed by atoms with Crippen molar-refractivity contribution < 1.29 is 13.2 Å². The Bertz CT molecular complexity index is 1570. The van der Waals surface area contributed by atoms with Crippen LogP contribution in [-0.2, 0) is 0 Å². The van der Waals surface area contributed by atoms with Gasteiger partial charge in [0.15, 0.2) is 17.5 Å². The number of hydrogen-bond donors (Lipinski definition) is 0. The zero-order valence-corrected chi connectivity index (χ0v) is 14.9. The lowest BCUT2D eigenvalue weighted by molar-refractivity contribution is 0.488. The first-order valence-electron chi connectivity index (χ1n) is 7.79. The molecule has 0 aliphatic rings. The Kier molecular flexibility index (Phi) is 6.02. The Morgan fingerprint density at radius 3 is 1.45 bits per heavy atom. The van der Waals surface area contributed by atoms with E-state index in [-0.39, 0.29) is 5.22 Å². The molecule has 0 heterocycles. The Hall–Kier alpha value is -5.60. The second-order valence-electron chi connectivity index (χ2n) is 5.51. The van der Waals surface area contributed by atoms with E-state index >= 15 is 0 Å². The molecular weight excluding hydrogens is 407 g/mol. The highest BCUT2D eigenvalue weighted by Crippen LogP contribution is 2.28. The second kappa shape index (κ2) is 8.61. The van der Waals surface area contributed by atoms with Crippen molar-refractivity contribution >= 4 is 11.1 Å². The summed E-state index contributed by atoms with van der Waals surface area (Å²) in [4.78, 5) is 0. The first kappa shape index (κ1) is 21.7. The van der Waals surface area contributed by atoms with Gasteiger partial charge >= 0.3 is 0 Å². The zero-order valence-electron chi connectivity index (χ0n) is 14.9. The van der Waals surface area contributed by atoms with E-state index in [4.69, 9.17) is 21.0 Å². The van der Waals surface area contributed by atoms with Gasteiger partial charge in [-0.15, -0.1) is 0 Å². The van der Waals surface area contributed by atoms with E-state index in [1.807, 2.05) is 0 Å². The van der Waals surface area contributed by atoms with Gasteiger partial charge in [-0.25, -0.2) is 13.2 Å². The van der Waals surface area contributed by atoms with E-state index < -0.39 is 61.6 Å². The fourth-order valence-electron chi connectivity index (χ4n) is 2.74. The maximum absolute atomic E-state index is 14.8. The van der Waals surface area contributed by atoms with Crippen molar-refractivity contribution in [1.29, 1.82) is 36.8 Å². The average Bonchev–Trinajstić information content (AvgIpc) is 2.79. The Morgan fingerprint density at radius 2 is 1.00 bits per heavy atom. The van der Waals surface area contributed by atoms with E-state index in [9.17, 15) is 29.0 Å². The lowest BCUT2D eigenvalue weighted by Gasteiger charge is -2.09. The van der Waals surface area contributed by atoms with Gasteiger partial charge in [-0.2, -0.15) is 36.8 Å². The molecule has 0 aromatic heterocycles. The molecule has 31 heavy (non-hydrogen) atoms. The van der Waals surface area contributed by atoms with Gasteiger partial charge in [-0.05, 0) is 0 Å². The van der Waals surface area contributed by atoms with Crippen molar-refractivity contribution in [3.05, 3.63) is 67.8 Å². The van der Waals surface area contributed by atoms with Crippen LogP contribution in [0.1, 0.15) is 27.8 Å². The van der Waals surface area contributed by atoms with Crippen LogP contribution in [-0.4, -0.2) is 0 Å². The molecule has 0 amide bonds. The quantitative estimate of drug-likeness (QED) is 0.643. The summed E-state index contributed by atoms with van der Waals surface area (Å²) in [7, 11) is 0. The molecule has 0 bridgehead atoms. The average molecular weight is 409 g/mol. The molecule has 0 unspecified atom stereocenters. The summed E-state index contributed by atoms with van der Waals surface area (Å²) in [5.41, 5.74) is -6.27. The molecule has 0 aliphatic carbocycles. The number of rotatable bonds is 1. The van der Waals surface area contributed by atoms with Gasteiger partial charge in [0.25, 0.3) is 0 Å². The summed E-state index contributed by atoms with van der Waals surface area (Å²) in [5, 5.41) is 63.6. The molecule has 2 aromatic carbocycles. The number of nitrogens with zero attached hydrogens (tertiary/aromatic N) is 7. The van der Waals surface area contributed by atoms with Crippen LogP contribution in [0.25, 0.3) is 11.1 Å². The standard InChI is InChI=1S/C21H2F3N7/c22-19-16(8-30)17(9-31)20(23)21(24)18(19)15(7-29)12-2-1-11(10(3-25)4-26)13(5-27)14(12)6-28/h1-2H/b15-12+. The van der Waals surface area contributed by atoms with Crippen molar-refractivity contribution in [2.45, 2.75) is 0 Å². The number of nitriles is 7. The third-order valence-corrected chi connectivity index (χ3v) is 4.10. The Labute approximate surface area is 172 Å². The largest absolute Gasteiger partial charge is 0.205 e. The number of hydrogen-bond acceptors (Lipinski definition) is 7. The van der Waals surface area contributed by atoms with Gasteiger partial charge in [0, 0.05) is 10.4 Å². The van der Waals surface area contributed by atoms with Crippen LogP contribution in [0, 0.1) is 96.8 Å². The van der Waals surface area contributed by atoms with Gasteiger partial charge in [0.05, 0.1) is 22.3 Å². The van der Waals surface area contributed by atoms with E-state index in [0.717, 1.165) is 18.2 Å². The molecule has 7 nitrogen and oxygen atoms in total. The van der Waals surface area contributed by atoms with Gasteiger partial charge in [-0.3, -0.25) is 0 Å². The fourth-order valence-corrected chi connectivity index (χ4v) is 2.74. The smallest absolute Gasteiger partial charge is 0.178 e. The molecule has 0 fully saturated rings. The van der Waals surface area contributed by atoms with Crippen molar-refractivity contribution in [3.8, 4) is 42.5 Å². The van der Waals surface area contributed by atoms with Crippen LogP contribution < -0.4 is 10.4 Å².